The van der Waals surface area contributed by atoms with Crippen LogP contribution in [0, 0.1) is 0 Å². The van der Waals surface area contributed by atoms with Crippen LogP contribution in [-0.4, -0.2) is 56.7 Å². The van der Waals surface area contributed by atoms with Gasteiger partial charge in [0.15, 0.2) is 5.15 Å². The second-order valence-electron chi connectivity index (χ2n) is 3.94. The van der Waals surface area contributed by atoms with Crippen LogP contribution in [0.25, 0.3) is 0 Å². The number of methoxy groups -OCH3 is 1. The lowest BCUT2D eigenvalue weighted by atomic mass is 10.3. The number of aromatic nitrogens is 2. The maximum atomic E-state index is 5.90. The molecule has 0 atom stereocenters. The predicted molar refractivity (Wildman–Crippen MR) is 69.5 cm³/mol. The van der Waals surface area contributed by atoms with Crippen LogP contribution < -0.4 is 15.0 Å². The van der Waals surface area contributed by atoms with E-state index in [0.717, 1.165) is 31.9 Å². The molecule has 1 aliphatic heterocycles. The Morgan fingerprint density at radius 3 is 2.83 bits per heavy atom. The van der Waals surface area contributed by atoms with E-state index in [9.17, 15) is 0 Å². The van der Waals surface area contributed by atoms with Crippen molar-refractivity contribution in [3.05, 3.63) is 11.2 Å². The molecule has 0 saturated carbocycles. The monoisotopic (exact) mass is 272 g/mol. The molecule has 0 amide bonds. The minimum Gasteiger partial charge on any atom is -0.473 e. The summed E-state index contributed by atoms with van der Waals surface area (Å²) in [5, 5.41) is 11.5. The highest BCUT2D eigenvalue weighted by Gasteiger charge is 2.17. The highest BCUT2D eigenvalue weighted by atomic mass is 35.5. The van der Waals surface area contributed by atoms with Gasteiger partial charge in [-0.25, -0.2) is 0 Å². The number of ether oxygens (including phenoxy) is 2. The lowest BCUT2D eigenvalue weighted by Crippen LogP contribution is -2.43. The summed E-state index contributed by atoms with van der Waals surface area (Å²) in [4.78, 5) is 2.19. The number of piperazine rings is 1. The minimum atomic E-state index is 0.377. The molecule has 0 aliphatic carbocycles. The zero-order valence-corrected chi connectivity index (χ0v) is 11.1. The third-order valence-corrected chi connectivity index (χ3v) is 2.88. The SMILES string of the molecule is COCCOc1nnc(Cl)cc1N1CCNCC1. The van der Waals surface area contributed by atoms with Crippen molar-refractivity contribution in [1.29, 1.82) is 0 Å². The minimum absolute atomic E-state index is 0.377. The summed E-state index contributed by atoms with van der Waals surface area (Å²) < 4.78 is 10.5. The Hall–Kier alpha value is -1.11. The molecule has 0 spiro atoms. The van der Waals surface area contributed by atoms with E-state index in [1.807, 2.05) is 0 Å². The molecule has 1 aliphatic rings. The molecule has 0 bridgehead atoms. The van der Waals surface area contributed by atoms with Crippen molar-refractivity contribution in [2.45, 2.75) is 0 Å². The van der Waals surface area contributed by atoms with Gasteiger partial charge in [0.05, 0.1) is 6.61 Å². The number of hydrogen-bond acceptors (Lipinski definition) is 6. The molecule has 1 saturated heterocycles. The Bertz CT molecular complexity index is 385. The Kier molecular flexibility index (Phi) is 4.98. The van der Waals surface area contributed by atoms with Crippen LogP contribution >= 0.6 is 11.6 Å². The lowest BCUT2D eigenvalue weighted by molar-refractivity contribution is 0.143. The van der Waals surface area contributed by atoms with Gasteiger partial charge in [-0.15, -0.1) is 10.2 Å². The molecular weight excluding hydrogens is 256 g/mol. The van der Waals surface area contributed by atoms with E-state index in [4.69, 9.17) is 21.1 Å². The first-order chi connectivity index (χ1) is 8.81. The molecular formula is C11H17ClN4O2. The maximum Gasteiger partial charge on any atom is 0.257 e. The molecule has 1 aromatic heterocycles. The van der Waals surface area contributed by atoms with Crippen molar-refractivity contribution in [2.24, 2.45) is 0 Å². The van der Waals surface area contributed by atoms with Gasteiger partial charge < -0.3 is 19.7 Å². The van der Waals surface area contributed by atoms with Gasteiger partial charge >= 0.3 is 0 Å². The average Bonchev–Trinajstić information content (AvgIpc) is 2.41. The lowest BCUT2D eigenvalue weighted by Gasteiger charge is -2.30. The van der Waals surface area contributed by atoms with Crippen LogP contribution in [0.3, 0.4) is 0 Å². The highest BCUT2D eigenvalue weighted by Crippen LogP contribution is 2.27. The number of rotatable bonds is 5. The Morgan fingerprint density at radius 2 is 2.11 bits per heavy atom. The Balaban J connectivity index is 2.11. The fourth-order valence-corrected chi connectivity index (χ4v) is 1.95. The van der Waals surface area contributed by atoms with Gasteiger partial charge in [0.25, 0.3) is 5.88 Å². The first kappa shape index (κ1) is 13.3. The third kappa shape index (κ3) is 3.44. The molecule has 18 heavy (non-hydrogen) atoms. The summed E-state index contributed by atoms with van der Waals surface area (Å²) in [5.41, 5.74) is 0.896. The third-order valence-electron chi connectivity index (χ3n) is 2.70. The van der Waals surface area contributed by atoms with Crippen molar-refractivity contribution in [3.63, 3.8) is 0 Å². The van der Waals surface area contributed by atoms with Gasteiger partial charge in [-0.3, -0.25) is 0 Å². The number of hydrogen-bond donors (Lipinski definition) is 1. The van der Waals surface area contributed by atoms with Crippen LogP contribution in [-0.2, 0) is 4.74 Å². The van der Waals surface area contributed by atoms with Crippen molar-refractivity contribution in [3.8, 4) is 5.88 Å². The van der Waals surface area contributed by atoms with Crippen molar-refractivity contribution < 1.29 is 9.47 Å². The summed E-state index contributed by atoms with van der Waals surface area (Å²) in [5.74, 6) is 0.512. The van der Waals surface area contributed by atoms with Gasteiger partial charge in [-0.05, 0) is 0 Å². The molecule has 6 nitrogen and oxygen atoms in total. The summed E-state index contributed by atoms with van der Waals surface area (Å²) >= 11 is 5.90. The summed E-state index contributed by atoms with van der Waals surface area (Å²) in [6.07, 6.45) is 0. The number of halogens is 1. The smallest absolute Gasteiger partial charge is 0.257 e. The highest BCUT2D eigenvalue weighted by molar-refractivity contribution is 6.29. The molecule has 100 valence electrons. The Morgan fingerprint density at radius 1 is 1.33 bits per heavy atom. The molecule has 2 heterocycles. The number of nitrogens with zero attached hydrogens (tertiary/aromatic N) is 3. The van der Waals surface area contributed by atoms with Crippen molar-refractivity contribution >= 4 is 17.3 Å². The zero-order chi connectivity index (χ0) is 12.8. The van der Waals surface area contributed by atoms with E-state index in [0.29, 0.717) is 24.2 Å². The predicted octanol–water partition coefficient (Wildman–Crippen LogP) is 0.565. The van der Waals surface area contributed by atoms with Gasteiger partial charge in [-0.2, -0.15) is 0 Å². The second kappa shape index (κ2) is 6.72. The van der Waals surface area contributed by atoms with Crippen molar-refractivity contribution in [2.75, 3.05) is 51.4 Å². The summed E-state index contributed by atoms with van der Waals surface area (Å²) in [7, 11) is 1.63. The molecule has 7 heteroatoms. The molecule has 1 aromatic rings. The zero-order valence-electron chi connectivity index (χ0n) is 10.4. The fraction of sp³-hybridized carbons (Fsp3) is 0.636. The van der Waals surface area contributed by atoms with Crippen LogP contribution in [0.5, 0.6) is 5.88 Å². The van der Waals surface area contributed by atoms with Gasteiger partial charge in [-0.1, -0.05) is 11.6 Å². The normalized spacial score (nSPS) is 15.8. The number of nitrogens with one attached hydrogen (secondary N) is 1. The second-order valence-corrected chi connectivity index (χ2v) is 4.32. The molecule has 0 unspecified atom stereocenters. The standard InChI is InChI=1S/C11H17ClN4O2/c1-17-6-7-18-11-9(8-10(12)14-15-11)16-4-2-13-3-5-16/h8,13H,2-7H2,1H3. The first-order valence-corrected chi connectivity index (χ1v) is 6.29. The molecule has 2 rings (SSSR count). The fourth-order valence-electron chi connectivity index (χ4n) is 1.80. The van der Waals surface area contributed by atoms with E-state index >= 15 is 0 Å². The topological polar surface area (TPSA) is 59.5 Å². The van der Waals surface area contributed by atoms with E-state index in [1.165, 1.54) is 0 Å². The molecule has 0 aromatic carbocycles. The summed E-state index contributed by atoms with van der Waals surface area (Å²) in [6, 6.07) is 1.79. The van der Waals surface area contributed by atoms with E-state index < -0.39 is 0 Å². The first-order valence-electron chi connectivity index (χ1n) is 5.92. The molecule has 1 fully saturated rings. The quantitative estimate of drug-likeness (QED) is 0.791. The number of anilines is 1. The molecule has 0 radical (unpaired) electrons. The van der Waals surface area contributed by atoms with E-state index in [-0.39, 0.29) is 0 Å². The van der Waals surface area contributed by atoms with Crippen molar-refractivity contribution in [1.82, 2.24) is 15.5 Å². The Labute approximate surface area is 111 Å². The molecule has 1 N–H and O–H groups in total. The summed E-state index contributed by atoms with van der Waals surface area (Å²) in [6.45, 7) is 4.66. The van der Waals surface area contributed by atoms with Crippen LogP contribution in [0.2, 0.25) is 5.15 Å². The van der Waals surface area contributed by atoms with E-state index in [2.05, 4.69) is 20.4 Å². The van der Waals surface area contributed by atoms with Gasteiger partial charge in [0, 0.05) is 39.4 Å². The van der Waals surface area contributed by atoms with Crippen LogP contribution in [0.1, 0.15) is 0 Å². The van der Waals surface area contributed by atoms with Crippen LogP contribution in [0.15, 0.2) is 6.07 Å². The van der Waals surface area contributed by atoms with Gasteiger partial charge in [0.2, 0.25) is 0 Å². The largest absolute Gasteiger partial charge is 0.473 e. The van der Waals surface area contributed by atoms with Crippen LogP contribution in [0.4, 0.5) is 5.69 Å². The van der Waals surface area contributed by atoms with Gasteiger partial charge in [0.1, 0.15) is 12.3 Å². The maximum absolute atomic E-state index is 5.90. The van der Waals surface area contributed by atoms with E-state index in [1.54, 1.807) is 13.2 Å². The average molecular weight is 273 g/mol.